The highest BCUT2D eigenvalue weighted by Gasteiger charge is 2.33. The van der Waals surface area contributed by atoms with Crippen molar-refractivity contribution >= 4 is 23.0 Å². The molecule has 1 aliphatic heterocycles. The summed E-state index contributed by atoms with van der Waals surface area (Å²) in [5.74, 6) is -0.839. The Labute approximate surface area is 120 Å². The van der Waals surface area contributed by atoms with E-state index in [0.717, 1.165) is 22.5 Å². The predicted octanol–water partition coefficient (Wildman–Crippen LogP) is 2.81. The molecular formula is C15H12N2O2S. The number of fused-ring (bicyclic) bond motifs is 1. The van der Waals surface area contributed by atoms with Gasteiger partial charge in [0.2, 0.25) is 0 Å². The summed E-state index contributed by atoms with van der Waals surface area (Å²) in [6.45, 7) is 0.677. The Morgan fingerprint density at radius 3 is 2.75 bits per heavy atom. The summed E-state index contributed by atoms with van der Waals surface area (Å²) in [5.41, 5.74) is 2.31. The minimum Gasteiger partial charge on any atom is -0.479 e. The van der Waals surface area contributed by atoms with Crippen molar-refractivity contribution in [2.75, 3.05) is 11.4 Å². The lowest BCUT2D eigenvalue weighted by Crippen LogP contribution is -2.39. The zero-order valence-electron chi connectivity index (χ0n) is 10.6. The van der Waals surface area contributed by atoms with Gasteiger partial charge in [-0.15, -0.1) is 11.3 Å². The van der Waals surface area contributed by atoms with Crippen molar-refractivity contribution in [2.24, 2.45) is 0 Å². The van der Waals surface area contributed by atoms with Gasteiger partial charge in [-0.3, -0.25) is 0 Å². The molecule has 1 aromatic heterocycles. The van der Waals surface area contributed by atoms with Gasteiger partial charge in [0, 0.05) is 17.1 Å². The van der Waals surface area contributed by atoms with E-state index in [-0.39, 0.29) is 0 Å². The van der Waals surface area contributed by atoms with E-state index in [4.69, 9.17) is 5.26 Å². The van der Waals surface area contributed by atoms with Crippen LogP contribution in [0.3, 0.4) is 0 Å². The standard InChI is InChI=1S/C15H12N2O2S/c16-9-10-1-3-11(4-2-10)17-7-5-13-12(6-8-20-13)14(17)15(18)19/h1-4,6,8,14H,5,7H2,(H,18,19). The summed E-state index contributed by atoms with van der Waals surface area (Å²) < 4.78 is 0. The maximum absolute atomic E-state index is 11.6. The Balaban J connectivity index is 2.00. The molecule has 1 atom stereocenters. The lowest BCUT2D eigenvalue weighted by molar-refractivity contribution is -0.138. The van der Waals surface area contributed by atoms with Crippen LogP contribution in [0, 0.1) is 11.3 Å². The van der Waals surface area contributed by atoms with Crippen LogP contribution in [0.2, 0.25) is 0 Å². The summed E-state index contributed by atoms with van der Waals surface area (Å²) in [4.78, 5) is 14.7. The number of carboxylic acids is 1. The van der Waals surface area contributed by atoms with E-state index < -0.39 is 12.0 Å². The Morgan fingerprint density at radius 2 is 2.10 bits per heavy atom. The molecule has 1 aromatic carbocycles. The number of hydrogen-bond acceptors (Lipinski definition) is 4. The molecule has 0 spiro atoms. The first-order valence-corrected chi connectivity index (χ1v) is 7.14. The average molecular weight is 284 g/mol. The van der Waals surface area contributed by atoms with Crippen molar-refractivity contribution in [3.05, 3.63) is 51.7 Å². The molecule has 3 rings (SSSR count). The van der Waals surface area contributed by atoms with Gasteiger partial charge in [0.1, 0.15) is 0 Å². The summed E-state index contributed by atoms with van der Waals surface area (Å²) in [7, 11) is 0. The molecule has 20 heavy (non-hydrogen) atoms. The number of hydrogen-bond donors (Lipinski definition) is 1. The SMILES string of the molecule is N#Cc1ccc(N2CCc3sccc3C2C(=O)O)cc1. The number of benzene rings is 1. The van der Waals surface area contributed by atoms with Crippen LogP contribution in [-0.4, -0.2) is 17.6 Å². The minimum absolute atomic E-state index is 0.578. The third-order valence-corrected chi connectivity index (χ3v) is 4.52. The minimum atomic E-state index is -0.839. The van der Waals surface area contributed by atoms with Gasteiger partial charge in [-0.25, -0.2) is 4.79 Å². The molecule has 0 amide bonds. The molecule has 100 valence electrons. The molecule has 4 nitrogen and oxygen atoms in total. The number of rotatable bonds is 2. The number of thiophene rings is 1. The van der Waals surface area contributed by atoms with Crippen molar-refractivity contribution in [1.29, 1.82) is 5.26 Å². The number of aliphatic carboxylic acids is 1. The van der Waals surface area contributed by atoms with Gasteiger partial charge in [0.15, 0.2) is 6.04 Å². The van der Waals surface area contributed by atoms with Crippen LogP contribution in [0.15, 0.2) is 35.7 Å². The van der Waals surface area contributed by atoms with Gasteiger partial charge >= 0.3 is 5.97 Å². The number of nitriles is 1. The molecular weight excluding hydrogens is 272 g/mol. The van der Waals surface area contributed by atoms with E-state index >= 15 is 0 Å². The molecule has 1 unspecified atom stereocenters. The lowest BCUT2D eigenvalue weighted by Gasteiger charge is -2.35. The fourth-order valence-corrected chi connectivity index (χ4v) is 3.49. The van der Waals surface area contributed by atoms with Crippen LogP contribution in [0.25, 0.3) is 0 Å². The van der Waals surface area contributed by atoms with E-state index in [1.54, 1.807) is 23.5 Å². The van der Waals surface area contributed by atoms with Gasteiger partial charge in [-0.2, -0.15) is 5.26 Å². The van der Waals surface area contributed by atoms with Gasteiger partial charge in [0.25, 0.3) is 0 Å². The van der Waals surface area contributed by atoms with Crippen LogP contribution in [0.4, 0.5) is 5.69 Å². The van der Waals surface area contributed by atoms with Crippen molar-refractivity contribution in [2.45, 2.75) is 12.5 Å². The van der Waals surface area contributed by atoms with Crippen LogP contribution >= 0.6 is 11.3 Å². The Hall–Kier alpha value is -2.32. The molecule has 0 aliphatic carbocycles. The van der Waals surface area contributed by atoms with Crippen molar-refractivity contribution in [3.8, 4) is 6.07 Å². The molecule has 0 saturated carbocycles. The molecule has 1 aliphatic rings. The summed E-state index contributed by atoms with van der Waals surface area (Å²) in [5, 5.41) is 20.3. The summed E-state index contributed by atoms with van der Waals surface area (Å²) in [6.07, 6.45) is 0.858. The molecule has 5 heteroatoms. The van der Waals surface area contributed by atoms with E-state index in [1.807, 2.05) is 28.5 Å². The smallest absolute Gasteiger partial charge is 0.331 e. The second-order valence-electron chi connectivity index (χ2n) is 4.64. The maximum Gasteiger partial charge on any atom is 0.331 e. The first kappa shape index (κ1) is 12.7. The number of carbonyl (C=O) groups is 1. The third-order valence-electron chi connectivity index (χ3n) is 3.53. The molecule has 0 radical (unpaired) electrons. The normalized spacial score (nSPS) is 17.4. The van der Waals surface area contributed by atoms with Crippen molar-refractivity contribution < 1.29 is 9.90 Å². The number of nitrogens with zero attached hydrogens (tertiary/aromatic N) is 2. The molecule has 0 fully saturated rings. The zero-order valence-corrected chi connectivity index (χ0v) is 11.4. The topological polar surface area (TPSA) is 64.3 Å². The molecule has 1 N–H and O–H groups in total. The Kier molecular flexibility index (Phi) is 3.17. The van der Waals surface area contributed by atoms with E-state index in [0.29, 0.717) is 12.1 Å². The van der Waals surface area contributed by atoms with Gasteiger partial charge in [-0.1, -0.05) is 0 Å². The molecule has 0 bridgehead atoms. The Bertz CT molecular complexity index is 685. The van der Waals surface area contributed by atoms with E-state index in [2.05, 4.69) is 6.07 Å². The number of carboxylic acid groups (broad SMARTS) is 1. The number of anilines is 1. The van der Waals surface area contributed by atoms with Crippen LogP contribution < -0.4 is 4.90 Å². The van der Waals surface area contributed by atoms with Gasteiger partial charge < -0.3 is 10.0 Å². The van der Waals surface area contributed by atoms with E-state index in [1.165, 1.54) is 0 Å². The summed E-state index contributed by atoms with van der Waals surface area (Å²) in [6, 6.07) is 10.4. The van der Waals surface area contributed by atoms with Gasteiger partial charge in [0.05, 0.1) is 11.6 Å². The second-order valence-corrected chi connectivity index (χ2v) is 5.64. The highest BCUT2D eigenvalue weighted by Crippen LogP contribution is 2.36. The third kappa shape index (κ3) is 2.04. The predicted molar refractivity (Wildman–Crippen MR) is 76.9 cm³/mol. The van der Waals surface area contributed by atoms with E-state index in [9.17, 15) is 9.90 Å². The van der Waals surface area contributed by atoms with Crippen LogP contribution in [-0.2, 0) is 11.2 Å². The van der Waals surface area contributed by atoms with Crippen molar-refractivity contribution in [1.82, 2.24) is 0 Å². The van der Waals surface area contributed by atoms with Crippen LogP contribution in [0.1, 0.15) is 22.0 Å². The average Bonchev–Trinajstić information content (AvgIpc) is 2.94. The fraction of sp³-hybridized carbons (Fsp3) is 0.200. The molecule has 0 saturated heterocycles. The maximum atomic E-state index is 11.6. The first-order chi connectivity index (χ1) is 9.70. The van der Waals surface area contributed by atoms with Crippen LogP contribution in [0.5, 0.6) is 0 Å². The Morgan fingerprint density at radius 1 is 1.35 bits per heavy atom. The highest BCUT2D eigenvalue weighted by atomic mass is 32.1. The molecule has 2 aromatic rings. The lowest BCUT2D eigenvalue weighted by atomic mass is 9.99. The van der Waals surface area contributed by atoms with Crippen molar-refractivity contribution in [3.63, 3.8) is 0 Å². The second kappa shape index (κ2) is 4.99. The largest absolute Gasteiger partial charge is 0.479 e. The fourth-order valence-electron chi connectivity index (χ4n) is 2.59. The zero-order chi connectivity index (χ0) is 14.1. The quantitative estimate of drug-likeness (QED) is 0.921. The molecule has 2 heterocycles. The first-order valence-electron chi connectivity index (χ1n) is 6.26. The van der Waals surface area contributed by atoms with Gasteiger partial charge in [-0.05, 0) is 47.7 Å². The summed E-state index contributed by atoms with van der Waals surface area (Å²) >= 11 is 1.62. The highest BCUT2D eigenvalue weighted by molar-refractivity contribution is 7.10. The monoisotopic (exact) mass is 284 g/mol.